The molecular weight excluding hydrogens is 425 g/mol. The number of piperidine rings is 2. The van der Waals surface area contributed by atoms with Gasteiger partial charge in [0.25, 0.3) is 0 Å². The van der Waals surface area contributed by atoms with E-state index in [4.69, 9.17) is 4.74 Å². The maximum absolute atomic E-state index is 13.8. The predicted octanol–water partition coefficient (Wildman–Crippen LogP) is 3.81. The molecule has 2 saturated heterocycles. The van der Waals surface area contributed by atoms with Crippen LogP contribution in [0.25, 0.3) is 0 Å². The first-order valence-corrected chi connectivity index (χ1v) is 12.0. The number of ether oxygens (including phenoxy) is 1. The summed E-state index contributed by atoms with van der Waals surface area (Å²) in [6, 6.07) is 4.45. The van der Waals surface area contributed by atoms with E-state index in [9.17, 15) is 18.8 Å². The third kappa shape index (κ3) is 6.03. The van der Waals surface area contributed by atoms with Crippen LogP contribution in [-0.4, -0.2) is 60.0 Å². The van der Waals surface area contributed by atoms with E-state index < -0.39 is 0 Å². The number of urea groups is 1. The number of halogens is 1. The van der Waals surface area contributed by atoms with Crippen molar-refractivity contribution in [1.29, 1.82) is 0 Å². The molecule has 3 atom stereocenters. The molecule has 0 aromatic heterocycles. The fraction of sp³-hybridized carbons (Fsp3) is 0.640. The molecule has 33 heavy (non-hydrogen) atoms. The first-order valence-electron chi connectivity index (χ1n) is 12.0. The Kier molecular flexibility index (Phi) is 8.32. The summed E-state index contributed by atoms with van der Waals surface area (Å²) in [5.41, 5.74) is 1.41. The van der Waals surface area contributed by atoms with Gasteiger partial charge in [0, 0.05) is 25.7 Å². The number of amides is 3. The fourth-order valence-corrected chi connectivity index (χ4v) is 4.84. The number of benzene rings is 1. The van der Waals surface area contributed by atoms with Crippen LogP contribution in [0.1, 0.15) is 63.6 Å². The minimum Gasteiger partial charge on any atom is -0.466 e. The van der Waals surface area contributed by atoms with Gasteiger partial charge >= 0.3 is 12.0 Å². The summed E-state index contributed by atoms with van der Waals surface area (Å²) < 4.78 is 19.0. The highest BCUT2D eigenvalue weighted by molar-refractivity contribution is 5.82. The summed E-state index contributed by atoms with van der Waals surface area (Å²) in [4.78, 5) is 42.1. The molecule has 0 saturated carbocycles. The van der Waals surface area contributed by atoms with Gasteiger partial charge < -0.3 is 19.9 Å². The van der Waals surface area contributed by atoms with Crippen LogP contribution in [-0.2, 0) is 14.3 Å². The predicted molar refractivity (Wildman–Crippen MR) is 123 cm³/mol. The van der Waals surface area contributed by atoms with Crippen LogP contribution in [0.15, 0.2) is 18.2 Å². The van der Waals surface area contributed by atoms with Crippen LogP contribution in [0.2, 0.25) is 0 Å². The minimum absolute atomic E-state index is 0.0138. The quantitative estimate of drug-likeness (QED) is 0.677. The summed E-state index contributed by atoms with van der Waals surface area (Å²) in [6.45, 7) is 8.88. The molecule has 0 aliphatic carbocycles. The topological polar surface area (TPSA) is 79.0 Å². The van der Waals surface area contributed by atoms with Crippen molar-refractivity contribution in [2.24, 2.45) is 11.8 Å². The first kappa shape index (κ1) is 25.0. The molecule has 0 bridgehead atoms. The lowest BCUT2D eigenvalue weighted by atomic mass is 9.87. The lowest BCUT2D eigenvalue weighted by molar-refractivity contribution is -0.152. The Hall–Kier alpha value is -2.64. The van der Waals surface area contributed by atoms with Crippen LogP contribution >= 0.6 is 0 Å². The highest BCUT2D eigenvalue weighted by Crippen LogP contribution is 2.35. The molecule has 1 N–H and O–H groups in total. The number of rotatable bonds is 5. The number of hydrogen-bond acceptors (Lipinski definition) is 4. The van der Waals surface area contributed by atoms with E-state index in [0.717, 1.165) is 18.4 Å². The molecule has 0 unspecified atom stereocenters. The van der Waals surface area contributed by atoms with Crippen LogP contribution < -0.4 is 5.32 Å². The van der Waals surface area contributed by atoms with E-state index in [1.54, 1.807) is 35.8 Å². The molecule has 7 nitrogen and oxygen atoms in total. The molecule has 0 radical (unpaired) electrons. The smallest absolute Gasteiger partial charge is 0.318 e. The molecule has 2 heterocycles. The van der Waals surface area contributed by atoms with Crippen molar-refractivity contribution < 1.29 is 23.5 Å². The van der Waals surface area contributed by atoms with E-state index in [2.05, 4.69) is 5.32 Å². The molecule has 1 aromatic rings. The van der Waals surface area contributed by atoms with Crippen molar-refractivity contribution in [3.05, 3.63) is 35.1 Å². The van der Waals surface area contributed by atoms with E-state index >= 15 is 0 Å². The van der Waals surface area contributed by atoms with Gasteiger partial charge in [-0.05, 0) is 70.6 Å². The van der Waals surface area contributed by atoms with Gasteiger partial charge in [-0.2, -0.15) is 0 Å². The van der Waals surface area contributed by atoms with Crippen molar-refractivity contribution >= 4 is 17.9 Å². The largest absolute Gasteiger partial charge is 0.466 e. The number of likely N-dealkylation sites (tertiary alicyclic amines) is 2. The van der Waals surface area contributed by atoms with Crippen LogP contribution in [0, 0.1) is 24.6 Å². The molecule has 3 rings (SSSR count). The highest BCUT2D eigenvalue weighted by Gasteiger charge is 2.39. The Labute approximate surface area is 195 Å². The van der Waals surface area contributed by atoms with Crippen molar-refractivity contribution in [3.63, 3.8) is 0 Å². The van der Waals surface area contributed by atoms with Gasteiger partial charge in [0.2, 0.25) is 5.91 Å². The van der Waals surface area contributed by atoms with Crippen molar-refractivity contribution in [2.45, 2.75) is 65.5 Å². The normalized spacial score (nSPS) is 23.4. The summed E-state index contributed by atoms with van der Waals surface area (Å²) in [5.74, 6) is -1.16. The summed E-state index contributed by atoms with van der Waals surface area (Å²) >= 11 is 0. The maximum atomic E-state index is 13.8. The molecule has 3 amide bonds. The second-order valence-corrected chi connectivity index (χ2v) is 9.43. The number of carbonyl (C=O) groups is 3. The average Bonchev–Trinajstić information content (AvgIpc) is 2.80. The van der Waals surface area contributed by atoms with Gasteiger partial charge in [-0.15, -0.1) is 0 Å². The summed E-state index contributed by atoms with van der Waals surface area (Å²) in [5, 5.41) is 2.94. The van der Waals surface area contributed by atoms with Crippen LogP contribution in [0.5, 0.6) is 0 Å². The number of hydrogen-bond donors (Lipinski definition) is 1. The van der Waals surface area contributed by atoms with Gasteiger partial charge in [0.1, 0.15) is 5.82 Å². The SMILES string of the molecule is CCOC(=O)[C@@H]1CCCN(C(=O)[C@@H]2CC[C@H](c3ccc(F)c(C)c3)N(C(=O)NC(C)C)C2)C1. The third-order valence-electron chi connectivity index (χ3n) is 6.52. The number of esters is 1. The molecule has 2 aliphatic rings. The van der Waals surface area contributed by atoms with Gasteiger partial charge in [0.05, 0.1) is 24.5 Å². The molecule has 182 valence electrons. The maximum Gasteiger partial charge on any atom is 0.318 e. The van der Waals surface area contributed by atoms with Gasteiger partial charge in [0.15, 0.2) is 0 Å². The zero-order chi connectivity index (χ0) is 24.1. The van der Waals surface area contributed by atoms with Gasteiger partial charge in [-0.1, -0.05) is 12.1 Å². The number of nitrogens with zero attached hydrogens (tertiary/aromatic N) is 2. The van der Waals surface area contributed by atoms with Crippen molar-refractivity contribution in [2.75, 3.05) is 26.2 Å². The van der Waals surface area contributed by atoms with Crippen molar-refractivity contribution in [3.8, 4) is 0 Å². The van der Waals surface area contributed by atoms with Crippen molar-refractivity contribution in [1.82, 2.24) is 15.1 Å². The monoisotopic (exact) mass is 461 g/mol. The second kappa shape index (κ2) is 11.0. The van der Waals surface area contributed by atoms with E-state index in [0.29, 0.717) is 44.6 Å². The Balaban J connectivity index is 1.76. The Morgan fingerprint density at radius 2 is 1.91 bits per heavy atom. The molecule has 0 spiro atoms. The third-order valence-corrected chi connectivity index (χ3v) is 6.52. The standard InChI is InChI=1S/C25H36FN3O4/c1-5-33-24(31)20-7-6-12-28(14-20)23(30)19-9-11-22(18-8-10-21(26)17(4)13-18)29(15-19)25(32)27-16(2)3/h8,10,13,16,19-20,22H,5-7,9,11-12,14-15H2,1-4H3,(H,27,32)/t19-,20-,22-/m1/s1. The molecule has 2 aliphatic heterocycles. The second-order valence-electron chi connectivity index (χ2n) is 9.43. The average molecular weight is 462 g/mol. The molecule has 2 fully saturated rings. The van der Waals surface area contributed by atoms with Gasteiger partial charge in [-0.25, -0.2) is 9.18 Å². The minimum atomic E-state index is -0.332. The lowest BCUT2D eigenvalue weighted by Gasteiger charge is -2.42. The molecule has 1 aromatic carbocycles. The Bertz CT molecular complexity index is 875. The van der Waals surface area contributed by atoms with E-state index in [1.807, 2.05) is 13.8 Å². The number of nitrogens with one attached hydrogen (secondary N) is 1. The molecule has 8 heteroatoms. The zero-order valence-electron chi connectivity index (χ0n) is 20.1. The summed E-state index contributed by atoms with van der Waals surface area (Å²) in [6.07, 6.45) is 2.73. The van der Waals surface area contributed by atoms with E-state index in [1.165, 1.54) is 6.07 Å². The summed E-state index contributed by atoms with van der Waals surface area (Å²) in [7, 11) is 0. The number of aryl methyl sites for hydroxylation is 1. The molecular formula is C25H36FN3O4. The van der Waals surface area contributed by atoms with Gasteiger partial charge in [-0.3, -0.25) is 9.59 Å². The fourth-order valence-electron chi connectivity index (χ4n) is 4.84. The lowest BCUT2D eigenvalue weighted by Crippen LogP contribution is -2.53. The first-order chi connectivity index (χ1) is 15.7. The van der Waals surface area contributed by atoms with Crippen LogP contribution in [0.3, 0.4) is 0 Å². The highest BCUT2D eigenvalue weighted by atomic mass is 19.1. The zero-order valence-corrected chi connectivity index (χ0v) is 20.1. The number of carbonyl (C=O) groups excluding carboxylic acids is 3. The Morgan fingerprint density at radius 3 is 2.58 bits per heavy atom. The van der Waals surface area contributed by atoms with Crippen LogP contribution in [0.4, 0.5) is 9.18 Å². The van der Waals surface area contributed by atoms with E-state index in [-0.39, 0.29) is 47.6 Å². The Morgan fingerprint density at radius 1 is 1.15 bits per heavy atom.